The zero-order valence-electron chi connectivity index (χ0n) is 16.9. The fraction of sp³-hybridized carbons (Fsp3) is 0.143. The maximum absolute atomic E-state index is 12.8. The second kappa shape index (κ2) is 8.81. The number of hydrogen-bond acceptors (Lipinski definition) is 5. The van der Waals surface area contributed by atoms with Crippen LogP contribution in [0.2, 0.25) is 0 Å². The average molecular weight is 442 g/mol. The van der Waals surface area contributed by atoms with E-state index in [2.05, 4.69) is 15.8 Å². The Labute approximate surface area is 180 Å². The predicted octanol–water partition coefficient (Wildman–Crippen LogP) is 3.43. The molecule has 1 amide bonds. The molecule has 3 rings (SSSR count). The number of aromatic nitrogens is 2. The minimum Gasteiger partial charge on any atom is -0.320 e. The van der Waals surface area contributed by atoms with Crippen molar-refractivity contribution in [2.45, 2.75) is 13.1 Å². The minimum absolute atomic E-state index is 0.0379. The molecule has 2 aromatic carbocycles. The summed E-state index contributed by atoms with van der Waals surface area (Å²) in [6, 6.07) is 14.3. The van der Waals surface area contributed by atoms with Crippen molar-refractivity contribution < 1.29 is 18.0 Å². The molecule has 0 saturated carbocycles. The van der Waals surface area contributed by atoms with E-state index in [1.54, 1.807) is 55.1 Å². The smallest absolute Gasteiger partial charge is 0.320 e. The van der Waals surface area contributed by atoms with Crippen molar-refractivity contribution in [3.05, 3.63) is 76.2 Å². The number of hydrogen-bond donors (Lipinski definition) is 2. The van der Waals surface area contributed by atoms with Crippen molar-refractivity contribution in [2.75, 3.05) is 10.7 Å². The molecule has 0 aliphatic heterocycles. The molecule has 0 bridgehead atoms. The molecule has 0 atom stereocenters. The van der Waals surface area contributed by atoms with E-state index < -0.39 is 28.9 Å². The minimum atomic E-state index is -4.59. The second-order valence-corrected chi connectivity index (χ2v) is 6.65. The number of carbonyl (C=O) groups excluding carboxylic acids is 1. The van der Waals surface area contributed by atoms with Gasteiger partial charge in [-0.25, -0.2) is 4.68 Å². The Morgan fingerprint density at radius 3 is 2.44 bits per heavy atom. The molecule has 0 aliphatic carbocycles. The highest BCUT2D eigenvalue weighted by molar-refractivity contribution is 6.48. The van der Waals surface area contributed by atoms with Gasteiger partial charge >= 0.3 is 6.18 Å². The first kappa shape index (κ1) is 22.4. The summed E-state index contributed by atoms with van der Waals surface area (Å²) in [4.78, 5) is 25.1. The number of anilines is 2. The Bertz CT molecular complexity index is 1280. The number of halogens is 3. The van der Waals surface area contributed by atoms with Gasteiger partial charge in [0.2, 0.25) is 5.71 Å². The van der Waals surface area contributed by atoms with Crippen molar-refractivity contribution >= 4 is 23.0 Å². The largest absolute Gasteiger partial charge is 0.416 e. The fourth-order valence-corrected chi connectivity index (χ4v) is 2.90. The number of alkyl halides is 3. The van der Waals surface area contributed by atoms with Gasteiger partial charge in [-0.1, -0.05) is 24.3 Å². The molecule has 8 nitrogen and oxygen atoms in total. The van der Waals surface area contributed by atoms with Crippen LogP contribution in [0.25, 0.3) is 5.69 Å². The Kier molecular flexibility index (Phi) is 6.15. The lowest BCUT2D eigenvalue weighted by molar-refractivity contribution is -0.137. The number of nitrogens with one attached hydrogen (secondary N) is 2. The molecule has 164 valence electrons. The van der Waals surface area contributed by atoms with Gasteiger partial charge in [0.1, 0.15) is 11.8 Å². The zero-order chi connectivity index (χ0) is 23.5. The van der Waals surface area contributed by atoms with Gasteiger partial charge in [-0.2, -0.15) is 23.5 Å². The number of benzene rings is 2. The second-order valence-electron chi connectivity index (χ2n) is 6.65. The first-order valence-electron chi connectivity index (χ1n) is 9.20. The van der Waals surface area contributed by atoms with Crippen LogP contribution in [-0.2, 0) is 18.0 Å². The first-order chi connectivity index (χ1) is 15.1. The van der Waals surface area contributed by atoms with E-state index in [-0.39, 0.29) is 11.4 Å². The van der Waals surface area contributed by atoms with Gasteiger partial charge in [-0.3, -0.25) is 19.7 Å². The normalized spacial score (nSPS) is 11.7. The molecule has 0 aliphatic rings. The lowest BCUT2D eigenvalue weighted by Gasteiger charge is -2.09. The Morgan fingerprint density at radius 2 is 1.81 bits per heavy atom. The number of nitrogens with zero attached hydrogens (tertiary/aromatic N) is 4. The van der Waals surface area contributed by atoms with Gasteiger partial charge in [-0.05, 0) is 37.3 Å². The molecular formula is C21H17F3N6O2. The molecule has 0 fully saturated rings. The van der Waals surface area contributed by atoms with E-state index in [1.807, 2.05) is 0 Å². The Balaban J connectivity index is 1.85. The highest BCUT2D eigenvalue weighted by Gasteiger charge is 2.30. The molecule has 0 unspecified atom stereocenters. The summed E-state index contributed by atoms with van der Waals surface area (Å²) in [5, 5.41) is 15.1. The molecule has 1 heterocycles. The number of para-hydroxylation sites is 1. The summed E-state index contributed by atoms with van der Waals surface area (Å²) >= 11 is 0. The molecule has 3 aromatic rings. The van der Waals surface area contributed by atoms with Crippen LogP contribution < -0.4 is 16.3 Å². The first-order valence-corrected chi connectivity index (χ1v) is 9.20. The van der Waals surface area contributed by atoms with E-state index in [4.69, 9.17) is 0 Å². The highest BCUT2D eigenvalue weighted by Crippen LogP contribution is 2.30. The van der Waals surface area contributed by atoms with Crippen LogP contribution in [0, 0.1) is 18.3 Å². The zero-order valence-corrected chi connectivity index (χ0v) is 16.9. The highest BCUT2D eigenvalue weighted by atomic mass is 19.4. The molecular weight excluding hydrogens is 425 g/mol. The lowest BCUT2D eigenvalue weighted by atomic mass is 10.2. The predicted molar refractivity (Wildman–Crippen MR) is 112 cm³/mol. The number of carbonyl (C=O) groups is 1. The summed E-state index contributed by atoms with van der Waals surface area (Å²) in [6.45, 7) is 1.65. The Hall–Kier alpha value is -4.33. The Morgan fingerprint density at radius 1 is 1.12 bits per heavy atom. The maximum Gasteiger partial charge on any atom is 0.416 e. The standard InChI is InChI=1S/C21H17F3N6O2/c1-13-18(20(32)30(29(13)2)16-9-4-3-5-10-16)28-27-17(12-25)19(31)26-15-8-6-7-14(11-15)21(22,23)24/h3-11,28H,1-2H3,(H,26,31). The molecule has 11 heteroatoms. The van der Waals surface area contributed by atoms with Crippen molar-refractivity contribution in [3.63, 3.8) is 0 Å². The average Bonchev–Trinajstić information content (AvgIpc) is 2.97. The summed E-state index contributed by atoms with van der Waals surface area (Å²) in [6.07, 6.45) is -4.59. The number of amides is 1. The molecule has 1 aromatic heterocycles. The van der Waals surface area contributed by atoms with Crippen LogP contribution >= 0.6 is 0 Å². The number of nitriles is 1. The quantitative estimate of drug-likeness (QED) is 0.467. The van der Waals surface area contributed by atoms with Crippen molar-refractivity contribution in [1.29, 1.82) is 5.26 Å². The summed E-state index contributed by atoms with van der Waals surface area (Å²) in [5.41, 5.74) is 1.31. The molecule has 32 heavy (non-hydrogen) atoms. The van der Waals surface area contributed by atoms with Gasteiger partial charge in [0.25, 0.3) is 11.5 Å². The van der Waals surface area contributed by atoms with Crippen molar-refractivity contribution in [3.8, 4) is 11.8 Å². The van der Waals surface area contributed by atoms with Crippen LogP contribution in [0.15, 0.2) is 64.5 Å². The van der Waals surface area contributed by atoms with E-state index in [0.717, 1.165) is 18.2 Å². The summed E-state index contributed by atoms with van der Waals surface area (Å²) in [5.74, 6) is -1.03. The molecule has 0 radical (unpaired) electrons. The third kappa shape index (κ3) is 4.54. The molecule has 0 spiro atoms. The topological polar surface area (TPSA) is 104 Å². The lowest BCUT2D eigenvalue weighted by Crippen LogP contribution is -2.24. The van der Waals surface area contributed by atoms with Crippen LogP contribution in [0.5, 0.6) is 0 Å². The third-order valence-corrected chi connectivity index (χ3v) is 4.60. The number of rotatable bonds is 5. The SMILES string of the molecule is Cc1c(NN=C(C#N)C(=O)Nc2cccc(C(F)(F)F)c2)c(=O)n(-c2ccccc2)n1C. The van der Waals surface area contributed by atoms with E-state index in [0.29, 0.717) is 11.4 Å². The van der Waals surface area contributed by atoms with E-state index in [9.17, 15) is 28.0 Å². The van der Waals surface area contributed by atoms with Crippen LogP contribution in [-0.4, -0.2) is 21.0 Å². The van der Waals surface area contributed by atoms with E-state index >= 15 is 0 Å². The molecule has 0 saturated heterocycles. The van der Waals surface area contributed by atoms with Crippen LogP contribution in [0.3, 0.4) is 0 Å². The van der Waals surface area contributed by atoms with Gasteiger partial charge in [-0.15, -0.1) is 0 Å². The van der Waals surface area contributed by atoms with Gasteiger partial charge in [0.05, 0.1) is 16.9 Å². The maximum atomic E-state index is 12.8. The van der Waals surface area contributed by atoms with Crippen LogP contribution in [0.4, 0.5) is 24.5 Å². The van der Waals surface area contributed by atoms with Gasteiger partial charge in [0.15, 0.2) is 0 Å². The van der Waals surface area contributed by atoms with Gasteiger partial charge < -0.3 is 5.32 Å². The number of hydrazone groups is 1. The fourth-order valence-electron chi connectivity index (χ4n) is 2.90. The molecule has 2 N–H and O–H groups in total. The summed E-state index contributed by atoms with van der Waals surface area (Å²) < 4.78 is 41.5. The van der Waals surface area contributed by atoms with E-state index in [1.165, 1.54) is 10.7 Å². The summed E-state index contributed by atoms with van der Waals surface area (Å²) in [7, 11) is 1.66. The van der Waals surface area contributed by atoms with Crippen LogP contribution in [0.1, 0.15) is 11.3 Å². The third-order valence-electron chi connectivity index (χ3n) is 4.60. The van der Waals surface area contributed by atoms with Gasteiger partial charge in [0, 0.05) is 12.7 Å². The van der Waals surface area contributed by atoms with Crippen molar-refractivity contribution in [2.24, 2.45) is 12.1 Å². The van der Waals surface area contributed by atoms with Crippen molar-refractivity contribution in [1.82, 2.24) is 9.36 Å². The monoisotopic (exact) mass is 442 g/mol.